The molecular weight excluding hydrogens is 268 g/mol. The lowest BCUT2D eigenvalue weighted by Gasteiger charge is -2.25. The van der Waals surface area contributed by atoms with E-state index in [1.807, 2.05) is 6.92 Å². The molecule has 1 aliphatic heterocycles. The van der Waals surface area contributed by atoms with Crippen LogP contribution in [0.5, 0.6) is 0 Å². The van der Waals surface area contributed by atoms with Crippen molar-refractivity contribution in [3.05, 3.63) is 16.3 Å². The van der Waals surface area contributed by atoms with Gasteiger partial charge in [0.05, 0.1) is 4.90 Å². The number of nitrogens with zero attached hydrogens (tertiary/aromatic N) is 1. The van der Waals surface area contributed by atoms with E-state index in [0.29, 0.717) is 18.0 Å². The van der Waals surface area contributed by atoms with Gasteiger partial charge >= 0.3 is 0 Å². The van der Waals surface area contributed by atoms with Gasteiger partial charge in [0, 0.05) is 29.9 Å². The summed E-state index contributed by atoms with van der Waals surface area (Å²) in [7, 11) is -3.25. The summed E-state index contributed by atoms with van der Waals surface area (Å²) in [6.45, 7) is 5.02. The van der Waals surface area contributed by atoms with Crippen LogP contribution in [0.2, 0.25) is 0 Å². The molecule has 18 heavy (non-hydrogen) atoms. The Morgan fingerprint density at radius 2 is 2.06 bits per heavy atom. The quantitative estimate of drug-likeness (QED) is 0.902. The van der Waals surface area contributed by atoms with E-state index in [9.17, 15) is 8.42 Å². The first-order valence-corrected chi connectivity index (χ1v) is 8.75. The Labute approximate surface area is 113 Å². The summed E-state index contributed by atoms with van der Waals surface area (Å²) in [5.74, 6) is 0. The molecular formula is C12H20N2O2S2. The molecule has 1 fully saturated rings. The summed E-state index contributed by atoms with van der Waals surface area (Å²) in [4.78, 5) is 1.54. The van der Waals surface area contributed by atoms with Crippen LogP contribution in [0.4, 0.5) is 0 Å². The summed E-state index contributed by atoms with van der Waals surface area (Å²) >= 11 is 1.51. The molecule has 0 bridgehead atoms. The number of sulfonamides is 1. The lowest BCUT2D eigenvalue weighted by atomic mass is 10.2. The number of thiophene rings is 1. The number of hydrogen-bond donors (Lipinski definition) is 1. The van der Waals surface area contributed by atoms with Crippen LogP contribution in [0.15, 0.2) is 16.3 Å². The molecule has 0 saturated carbocycles. The standard InChI is InChI=1S/C12H20N2O2S2/c1-2-13-9-11-8-12(10-17-11)18(15,16)14-6-4-3-5-7-14/h8,10,13H,2-7,9H2,1H3. The Balaban J connectivity index is 2.11. The molecule has 1 saturated heterocycles. The van der Waals surface area contributed by atoms with Gasteiger partial charge in [0.2, 0.25) is 10.0 Å². The summed E-state index contributed by atoms with van der Waals surface area (Å²) in [5.41, 5.74) is 0. The smallest absolute Gasteiger partial charge is 0.243 e. The van der Waals surface area contributed by atoms with E-state index in [1.165, 1.54) is 11.3 Å². The van der Waals surface area contributed by atoms with Crippen molar-refractivity contribution >= 4 is 21.4 Å². The molecule has 2 rings (SSSR count). The minimum absolute atomic E-state index is 0.460. The van der Waals surface area contributed by atoms with Crippen LogP contribution in [-0.2, 0) is 16.6 Å². The van der Waals surface area contributed by atoms with Crippen molar-refractivity contribution in [3.8, 4) is 0 Å². The zero-order valence-corrected chi connectivity index (χ0v) is 12.3. The van der Waals surface area contributed by atoms with Gasteiger partial charge in [0.1, 0.15) is 0 Å². The molecule has 0 unspecified atom stereocenters. The Hall–Kier alpha value is -0.430. The van der Waals surface area contributed by atoms with Gasteiger partial charge in [0.15, 0.2) is 0 Å². The molecule has 4 nitrogen and oxygen atoms in total. The first-order chi connectivity index (χ1) is 8.64. The van der Waals surface area contributed by atoms with Crippen molar-refractivity contribution in [1.82, 2.24) is 9.62 Å². The van der Waals surface area contributed by atoms with E-state index in [1.54, 1.807) is 15.8 Å². The lowest BCUT2D eigenvalue weighted by molar-refractivity contribution is 0.347. The van der Waals surface area contributed by atoms with Gasteiger partial charge in [-0.25, -0.2) is 8.42 Å². The predicted octanol–water partition coefficient (Wildman–Crippen LogP) is 2.03. The van der Waals surface area contributed by atoms with Gasteiger partial charge in [-0.1, -0.05) is 13.3 Å². The van der Waals surface area contributed by atoms with Gasteiger partial charge in [-0.05, 0) is 25.5 Å². The third-order valence-corrected chi connectivity index (χ3v) is 6.09. The van der Waals surface area contributed by atoms with Crippen molar-refractivity contribution in [2.45, 2.75) is 37.6 Å². The molecule has 102 valence electrons. The molecule has 2 heterocycles. The highest BCUT2D eigenvalue weighted by molar-refractivity contribution is 7.89. The summed E-state index contributed by atoms with van der Waals surface area (Å²) in [6, 6.07) is 1.80. The minimum atomic E-state index is -3.25. The van der Waals surface area contributed by atoms with Crippen LogP contribution in [0.3, 0.4) is 0 Å². The zero-order valence-electron chi connectivity index (χ0n) is 10.7. The molecule has 0 atom stereocenters. The topological polar surface area (TPSA) is 49.4 Å². The Kier molecular flexibility index (Phi) is 4.77. The van der Waals surface area contributed by atoms with E-state index < -0.39 is 10.0 Å². The van der Waals surface area contributed by atoms with Gasteiger partial charge in [0.25, 0.3) is 0 Å². The summed E-state index contributed by atoms with van der Waals surface area (Å²) < 4.78 is 26.4. The molecule has 0 aromatic carbocycles. The van der Waals surface area contributed by atoms with Crippen LogP contribution < -0.4 is 5.32 Å². The highest BCUT2D eigenvalue weighted by Crippen LogP contribution is 2.24. The van der Waals surface area contributed by atoms with E-state index in [4.69, 9.17) is 0 Å². The SMILES string of the molecule is CCNCc1cc(S(=O)(=O)N2CCCCC2)cs1. The van der Waals surface area contributed by atoms with Crippen LogP contribution in [0.1, 0.15) is 31.1 Å². The summed E-state index contributed by atoms with van der Waals surface area (Å²) in [6.07, 6.45) is 3.10. The average Bonchev–Trinajstić information content (AvgIpc) is 2.87. The predicted molar refractivity (Wildman–Crippen MR) is 74.3 cm³/mol. The van der Waals surface area contributed by atoms with Gasteiger partial charge in [-0.15, -0.1) is 11.3 Å². The average molecular weight is 288 g/mol. The number of nitrogens with one attached hydrogen (secondary N) is 1. The van der Waals surface area contributed by atoms with Gasteiger partial charge in [-0.3, -0.25) is 0 Å². The monoisotopic (exact) mass is 288 g/mol. The maximum atomic E-state index is 12.4. The van der Waals surface area contributed by atoms with Crippen molar-refractivity contribution in [2.75, 3.05) is 19.6 Å². The number of hydrogen-bond acceptors (Lipinski definition) is 4. The van der Waals surface area contributed by atoms with E-state index >= 15 is 0 Å². The van der Waals surface area contributed by atoms with Gasteiger partial charge < -0.3 is 5.32 Å². The molecule has 1 aliphatic rings. The van der Waals surface area contributed by atoms with Crippen LogP contribution >= 0.6 is 11.3 Å². The second-order valence-corrected chi connectivity index (χ2v) is 7.43. The van der Waals surface area contributed by atoms with Crippen molar-refractivity contribution in [3.63, 3.8) is 0 Å². The lowest BCUT2D eigenvalue weighted by Crippen LogP contribution is -2.35. The largest absolute Gasteiger partial charge is 0.312 e. The normalized spacial score (nSPS) is 18.1. The second kappa shape index (κ2) is 6.14. The van der Waals surface area contributed by atoms with E-state index in [-0.39, 0.29) is 0 Å². The maximum absolute atomic E-state index is 12.4. The first-order valence-electron chi connectivity index (χ1n) is 6.43. The number of rotatable bonds is 5. The fourth-order valence-electron chi connectivity index (χ4n) is 2.09. The number of piperidine rings is 1. The molecule has 0 radical (unpaired) electrons. The third kappa shape index (κ3) is 3.12. The minimum Gasteiger partial charge on any atom is -0.312 e. The molecule has 0 amide bonds. The van der Waals surface area contributed by atoms with Crippen LogP contribution in [0.25, 0.3) is 0 Å². The Morgan fingerprint density at radius 3 is 2.72 bits per heavy atom. The fraction of sp³-hybridized carbons (Fsp3) is 0.667. The molecule has 1 N–H and O–H groups in total. The molecule has 0 spiro atoms. The fourth-order valence-corrected chi connectivity index (χ4v) is 4.84. The Morgan fingerprint density at radius 1 is 1.33 bits per heavy atom. The first kappa shape index (κ1) is 14.0. The zero-order chi connectivity index (χ0) is 13.0. The van der Waals surface area contributed by atoms with Crippen LogP contribution in [0, 0.1) is 0 Å². The second-order valence-electron chi connectivity index (χ2n) is 4.49. The van der Waals surface area contributed by atoms with E-state index in [2.05, 4.69) is 5.32 Å². The Bertz CT molecular complexity index is 476. The van der Waals surface area contributed by atoms with Crippen molar-refractivity contribution in [2.24, 2.45) is 0 Å². The van der Waals surface area contributed by atoms with E-state index in [0.717, 1.165) is 37.2 Å². The third-order valence-electron chi connectivity index (χ3n) is 3.13. The molecule has 0 aliphatic carbocycles. The van der Waals surface area contributed by atoms with Gasteiger partial charge in [-0.2, -0.15) is 4.31 Å². The molecule has 6 heteroatoms. The van der Waals surface area contributed by atoms with Crippen LogP contribution in [-0.4, -0.2) is 32.4 Å². The summed E-state index contributed by atoms with van der Waals surface area (Å²) in [5, 5.41) is 4.97. The molecule has 1 aromatic heterocycles. The van der Waals surface area contributed by atoms with Crippen molar-refractivity contribution < 1.29 is 8.42 Å². The van der Waals surface area contributed by atoms with Crippen molar-refractivity contribution in [1.29, 1.82) is 0 Å². The maximum Gasteiger partial charge on any atom is 0.243 e. The highest BCUT2D eigenvalue weighted by Gasteiger charge is 2.26. The highest BCUT2D eigenvalue weighted by atomic mass is 32.2. The molecule has 1 aromatic rings.